The van der Waals surface area contributed by atoms with E-state index >= 15 is 0 Å². The SMILES string of the molecule is CC(C)(C)OC(=O)N1CCOC(C(=O)Nc2ccc(C(N)=O)cc2)C1. The normalized spacial score (nSPS) is 17.7. The van der Waals surface area contributed by atoms with E-state index in [1.54, 1.807) is 32.9 Å². The Morgan fingerprint density at radius 1 is 1.24 bits per heavy atom. The van der Waals surface area contributed by atoms with E-state index in [1.165, 1.54) is 17.0 Å². The highest BCUT2D eigenvalue weighted by molar-refractivity contribution is 5.96. The molecule has 0 bridgehead atoms. The quantitative estimate of drug-likeness (QED) is 0.856. The van der Waals surface area contributed by atoms with Gasteiger partial charge in [-0.1, -0.05) is 0 Å². The largest absolute Gasteiger partial charge is 0.444 e. The Morgan fingerprint density at radius 2 is 1.88 bits per heavy atom. The van der Waals surface area contributed by atoms with Crippen LogP contribution in [0.1, 0.15) is 31.1 Å². The molecule has 0 radical (unpaired) electrons. The first-order valence-electron chi connectivity index (χ1n) is 7.96. The summed E-state index contributed by atoms with van der Waals surface area (Å²) in [5.41, 5.74) is 5.43. The summed E-state index contributed by atoms with van der Waals surface area (Å²) in [7, 11) is 0. The maximum absolute atomic E-state index is 12.3. The van der Waals surface area contributed by atoms with E-state index in [0.29, 0.717) is 17.8 Å². The van der Waals surface area contributed by atoms with E-state index in [-0.39, 0.29) is 19.1 Å². The second-order valence-corrected chi connectivity index (χ2v) is 6.72. The molecule has 1 aromatic rings. The molecule has 1 saturated heterocycles. The number of ether oxygens (including phenoxy) is 2. The molecule has 0 saturated carbocycles. The number of primary amides is 1. The van der Waals surface area contributed by atoms with E-state index in [2.05, 4.69) is 5.32 Å². The molecule has 1 atom stereocenters. The van der Waals surface area contributed by atoms with Crippen LogP contribution in [0.25, 0.3) is 0 Å². The summed E-state index contributed by atoms with van der Waals surface area (Å²) in [6, 6.07) is 6.19. The average molecular weight is 349 g/mol. The number of amides is 3. The van der Waals surface area contributed by atoms with Crippen LogP contribution in [0.5, 0.6) is 0 Å². The highest BCUT2D eigenvalue weighted by Crippen LogP contribution is 2.15. The van der Waals surface area contributed by atoms with Crippen LogP contribution in [0.2, 0.25) is 0 Å². The van der Waals surface area contributed by atoms with Gasteiger partial charge in [0.1, 0.15) is 5.60 Å². The predicted octanol–water partition coefficient (Wildman–Crippen LogP) is 1.36. The summed E-state index contributed by atoms with van der Waals surface area (Å²) >= 11 is 0. The molecule has 136 valence electrons. The Hall–Kier alpha value is -2.61. The Balaban J connectivity index is 1.95. The number of nitrogens with two attached hydrogens (primary N) is 1. The number of rotatable bonds is 3. The summed E-state index contributed by atoms with van der Waals surface area (Å²) in [4.78, 5) is 36.9. The molecule has 1 fully saturated rings. The Labute approximate surface area is 146 Å². The topological polar surface area (TPSA) is 111 Å². The van der Waals surface area contributed by atoms with Gasteiger partial charge >= 0.3 is 6.09 Å². The van der Waals surface area contributed by atoms with Crippen LogP contribution < -0.4 is 11.1 Å². The first-order chi connectivity index (χ1) is 11.7. The molecule has 25 heavy (non-hydrogen) atoms. The van der Waals surface area contributed by atoms with Crippen molar-refractivity contribution in [1.82, 2.24) is 4.90 Å². The molecule has 0 spiro atoms. The number of anilines is 1. The van der Waals surface area contributed by atoms with Gasteiger partial charge < -0.3 is 25.4 Å². The minimum Gasteiger partial charge on any atom is -0.444 e. The Morgan fingerprint density at radius 3 is 2.44 bits per heavy atom. The third-order valence-corrected chi connectivity index (χ3v) is 3.45. The smallest absolute Gasteiger partial charge is 0.410 e. The monoisotopic (exact) mass is 349 g/mol. The average Bonchev–Trinajstić information content (AvgIpc) is 2.54. The number of hydrogen-bond acceptors (Lipinski definition) is 5. The fraction of sp³-hybridized carbons (Fsp3) is 0.471. The number of carbonyl (C=O) groups is 3. The molecule has 1 aliphatic rings. The minimum absolute atomic E-state index is 0.111. The number of hydrogen-bond donors (Lipinski definition) is 2. The molecule has 8 heteroatoms. The van der Waals surface area contributed by atoms with Crippen molar-refractivity contribution in [1.29, 1.82) is 0 Å². The summed E-state index contributed by atoms with van der Waals surface area (Å²) < 4.78 is 10.8. The van der Waals surface area contributed by atoms with Crippen molar-refractivity contribution in [2.75, 3.05) is 25.0 Å². The molecule has 1 heterocycles. The van der Waals surface area contributed by atoms with Gasteiger partial charge in [0, 0.05) is 17.8 Å². The number of nitrogens with one attached hydrogen (secondary N) is 1. The van der Waals surface area contributed by atoms with Crippen LogP contribution >= 0.6 is 0 Å². The lowest BCUT2D eigenvalue weighted by atomic mass is 10.2. The van der Waals surface area contributed by atoms with Crippen LogP contribution in [-0.4, -0.2) is 54.2 Å². The molecule has 1 unspecified atom stereocenters. The molecule has 2 rings (SSSR count). The molecule has 3 amide bonds. The molecule has 0 aromatic heterocycles. The first-order valence-corrected chi connectivity index (χ1v) is 7.96. The van der Waals surface area contributed by atoms with Crippen LogP contribution in [0.3, 0.4) is 0 Å². The summed E-state index contributed by atoms with van der Waals surface area (Å²) in [6.07, 6.45) is -1.27. The van der Waals surface area contributed by atoms with Gasteiger partial charge in [-0.15, -0.1) is 0 Å². The van der Waals surface area contributed by atoms with E-state index in [1.807, 2.05) is 0 Å². The van der Waals surface area contributed by atoms with Gasteiger partial charge in [0.05, 0.1) is 13.2 Å². The van der Waals surface area contributed by atoms with Gasteiger partial charge in [-0.3, -0.25) is 9.59 Å². The fourth-order valence-electron chi connectivity index (χ4n) is 2.24. The maximum atomic E-state index is 12.3. The molecular weight excluding hydrogens is 326 g/mol. The summed E-state index contributed by atoms with van der Waals surface area (Å²) in [5, 5.41) is 2.69. The zero-order valence-electron chi connectivity index (χ0n) is 14.6. The molecule has 8 nitrogen and oxygen atoms in total. The Bertz CT molecular complexity index is 651. The van der Waals surface area contributed by atoms with Gasteiger partial charge in [-0.2, -0.15) is 0 Å². The van der Waals surface area contributed by atoms with Gasteiger partial charge in [0.25, 0.3) is 5.91 Å². The van der Waals surface area contributed by atoms with E-state index in [9.17, 15) is 14.4 Å². The van der Waals surface area contributed by atoms with Gasteiger partial charge in [0.2, 0.25) is 5.91 Å². The van der Waals surface area contributed by atoms with Crippen LogP contribution in [-0.2, 0) is 14.3 Å². The van der Waals surface area contributed by atoms with Crippen LogP contribution in [0.15, 0.2) is 24.3 Å². The number of carbonyl (C=O) groups excluding carboxylic acids is 3. The Kier molecular flexibility index (Phi) is 5.63. The fourth-order valence-corrected chi connectivity index (χ4v) is 2.24. The zero-order chi connectivity index (χ0) is 18.6. The standard InChI is InChI=1S/C17H23N3O5/c1-17(2,3)25-16(23)20-8-9-24-13(10-20)15(22)19-12-6-4-11(5-7-12)14(18)21/h4-7,13H,8-10H2,1-3H3,(H2,18,21)(H,19,22). The second kappa shape index (κ2) is 7.52. The molecule has 1 aliphatic heterocycles. The third-order valence-electron chi connectivity index (χ3n) is 3.45. The lowest BCUT2D eigenvalue weighted by molar-refractivity contribution is -0.132. The van der Waals surface area contributed by atoms with Gasteiger partial charge in [-0.25, -0.2) is 4.79 Å². The van der Waals surface area contributed by atoms with Crippen molar-refractivity contribution in [3.63, 3.8) is 0 Å². The number of benzene rings is 1. The van der Waals surface area contributed by atoms with Crippen molar-refractivity contribution in [2.24, 2.45) is 5.73 Å². The van der Waals surface area contributed by atoms with Gasteiger partial charge in [0.15, 0.2) is 6.10 Å². The van der Waals surface area contributed by atoms with E-state index < -0.39 is 23.7 Å². The minimum atomic E-state index is -0.794. The summed E-state index contributed by atoms with van der Waals surface area (Å²) in [6.45, 7) is 6.08. The second-order valence-electron chi connectivity index (χ2n) is 6.72. The highest BCUT2D eigenvalue weighted by atomic mass is 16.6. The summed E-state index contributed by atoms with van der Waals surface area (Å²) in [5.74, 6) is -0.915. The molecule has 0 aliphatic carbocycles. The van der Waals surface area contributed by atoms with Crippen LogP contribution in [0, 0.1) is 0 Å². The van der Waals surface area contributed by atoms with Crippen molar-refractivity contribution in [2.45, 2.75) is 32.5 Å². The van der Waals surface area contributed by atoms with E-state index in [0.717, 1.165) is 0 Å². The molecular formula is C17H23N3O5. The number of nitrogens with zero attached hydrogens (tertiary/aromatic N) is 1. The van der Waals surface area contributed by atoms with E-state index in [4.69, 9.17) is 15.2 Å². The lowest BCUT2D eigenvalue weighted by Crippen LogP contribution is -2.51. The zero-order valence-corrected chi connectivity index (χ0v) is 14.6. The lowest BCUT2D eigenvalue weighted by Gasteiger charge is -2.33. The first kappa shape index (κ1) is 18.7. The maximum Gasteiger partial charge on any atom is 0.410 e. The van der Waals surface area contributed by atoms with Crippen molar-refractivity contribution in [3.05, 3.63) is 29.8 Å². The van der Waals surface area contributed by atoms with Crippen LogP contribution in [0.4, 0.5) is 10.5 Å². The third kappa shape index (κ3) is 5.46. The number of morpholine rings is 1. The van der Waals surface area contributed by atoms with Gasteiger partial charge in [-0.05, 0) is 45.0 Å². The molecule has 3 N–H and O–H groups in total. The van der Waals surface area contributed by atoms with Crippen molar-refractivity contribution in [3.8, 4) is 0 Å². The predicted molar refractivity (Wildman–Crippen MR) is 91.1 cm³/mol. The van der Waals surface area contributed by atoms with Crippen molar-refractivity contribution >= 4 is 23.6 Å². The molecule has 1 aromatic carbocycles. The van der Waals surface area contributed by atoms with Crippen molar-refractivity contribution < 1.29 is 23.9 Å². The highest BCUT2D eigenvalue weighted by Gasteiger charge is 2.31.